The fourth-order valence-electron chi connectivity index (χ4n) is 1.34. The van der Waals surface area contributed by atoms with E-state index in [9.17, 15) is 0 Å². The van der Waals surface area contributed by atoms with Gasteiger partial charge in [-0.2, -0.15) is 0 Å². The first kappa shape index (κ1) is 13.1. The van der Waals surface area contributed by atoms with Gasteiger partial charge in [-0.15, -0.1) is 0 Å². The molecule has 1 aromatic heterocycles. The minimum absolute atomic E-state index is 0.324. The maximum Gasteiger partial charge on any atom is 0.125 e. The number of nitrogens with one attached hydrogen (secondary N) is 1. The van der Waals surface area contributed by atoms with Crippen LogP contribution in [-0.4, -0.2) is 29.2 Å². The first-order chi connectivity index (χ1) is 7.68. The van der Waals surface area contributed by atoms with Gasteiger partial charge in [0.15, 0.2) is 0 Å². The van der Waals surface area contributed by atoms with Gasteiger partial charge in [-0.05, 0) is 39.8 Å². The first-order valence-corrected chi connectivity index (χ1v) is 5.79. The summed E-state index contributed by atoms with van der Waals surface area (Å²) in [5.41, 5.74) is 1.04. The van der Waals surface area contributed by atoms with Crippen LogP contribution in [0.2, 0.25) is 0 Å². The largest absolute Gasteiger partial charge is 0.379 e. The van der Waals surface area contributed by atoms with Gasteiger partial charge in [-0.3, -0.25) is 0 Å². The molecule has 1 N–H and O–H groups in total. The summed E-state index contributed by atoms with van der Waals surface area (Å²) in [5.74, 6) is 0.822. The lowest BCUT2D eigenvalue weighted by Crippen LogP contribution is -2.18. The molecule has 0 atom stereocenters. The molecule has 0 saturated carbocycles. The second kappa shape index (κ2) is 7.30. The fraction of sp³-hybridized carbons (Fsp3) is 0.667. The van der Waals surface area contributed by atoms with Gasteiger partial charge < -0.3 is 10.1 Å². The third-order valence-corrected chi connectivity index (χ3v) is 2.09. The summed E-state index contributed by atoms with van der Waals surface area (Å²) in [5, 5.41) is 3.33. The molecule has 1 heterocycles. The molecule has 0 bridgehead atoms. The standard InChI is InChI=1S/C12H21N3O/c1-10(2)16-8-4-6-13-9-12-5-7-14-11(3)15-12/h5,7,10,13H,4,6,8-9H2,1-3H3. The van der Waals surface area contributed by atoms with Crippen LogP contribution in [0.1, 0.15) is 31.8 Å². The van der Waals surface area contributed by atoms with Crippen LogP contribution in [0.15, 0.2) is 12.3 Å². The van der Waals surface area contributed by atoms with Crippen LogP contribution in [0.4, 0.5) is 0 Å². The SMILES string of the molecule is Cc1nccc(CNCCCOC(C)C)n1. The van der Waals surface area contributed by atoms with Crippen molar-refractivity contribution in [3.05, 3.63) is 23.8 Å². The fourth-order valence-corrected chi connectivity index (χ4v) is 1.34. The molecule has 1 rings (SSSR count). The second-order valence-corrected chi connectivity index (χ2v) is 4.05. The molecular weight excluding hydrogens is 202 g/mol. The Morgan fingerprint density at radius 1 is 1.44 bits per heavy atom. The van der Waals surface area contributed by atoms with E-state index < -0.39 is 0 Å². The molecule has 90 valence electrons. The summed E-state index contributed by atoms with van der Waals surface area (Å²) in [7, 11) is 0. The Morgan fingerprint density at radius 3 is 2.94 bits per heavy atom. The van der Waals surface area contributed by atoms with Crippen molar-refractivity contribution in [3.63, 3.8) is 0 Å². The van der Waals surface area contributed by atoms with Crippen molar-refractivity contribution in [3.8, 4) is 0 Å². The molecule has 0 saturated heterocycles. The van der Waals surface area contributed by atoms with Crippen LogP contribution >= 0.6 is 0 Å². The van der Waals surface area contributed by atoms with Crippen molar-refractivity contribution in [2.45, 2.75) is 39.8 Å². The zero-order chi connectivity index (χ0) is 11.8. The maximum atomic E-state index is 5.45. The molecule has 0 fully saturated rings. The molecule has 0 aliphatic rings. The van der Waals surface area contributed by atoms with Crippen LogP contribution in [-0.2, 0) is 11.3 Å². The smallest absolute Gasteiger partial charge is 0.125 e. The quantitative estimate of drug-likeness (QED) is 0.715. The van der Waals surface area contributed by atoms with Crippen molar-refractivity contribution in [1.82, 2.24) is 15.3 Å². The van der Waals surface area contributed by atoms with Crippen LogP contribution in [0.5, 0.6) is 0 Å². The number of hydrogen-bond acceptors (Lipinski definition) is 4. The number of ether oxygens (including phenoxy) is 1. The van der Waals surface area contributed by atoms with Crippen LogP contribution in [0.25, 0.3) is 0 Å². The Morgan fingerprint density at radius 2 is 2.25 bits per heavy atom. The molecular formula is C12H21N3O. The highest BCUT2D eigenvalue weighted by molar-refractivity contribution is 5.00. The molecule has 0 unspecified atom stereocenters. The van der Waals surface area contributed by atoms with E-state index in [1.807, 2.05) is 13.0 Å². The second-order valence-electron chi connectivity index (χ2n) is 4.05. The third-order valence-electron chi connectivity index (χ3n) is 2.09. The molecule has 1 aromatic rings. The number of rotatable bonds is 7. The minimum atomic E-state index is 0.324. The van der Waals surface area contributed by atoms with Crippen LogP contribution < -0.4 is 5.32 Å². The van der Waals surface area contributed by atoms with Crippen molar-refractivity contribution < 1.29 is 4.74 Å². The summed E-state index contributed by atoms with van der Waals surface area (Å²) in [6, 6.07) is 1.94. The Labute approximate surface area is 97.5 Å². The highest BCUT2D eigenvalue weighted by Gasteiger charge is 1.96. The van der Waals surface area contributed by atoms with E-state index >= 15 is 0 Å². The molecule has 4 heteroatoms. The normalized spacial score (nSPS) is 11.0. The van der Waals surface area contributed by atoms with Gasteiger partial charge in [0.2, 0.25) is 0 Å². The molecule has 0 spiro atoms. The summed E-state index contributed by atoms with van der Waals surface area (Å²) >= 11 is 0. The summed E-state index contributed by atoms with van der Waals surface area (Å²) in [6.07, 6.45) is 3.15. The van der Waals surface area contributed by atoms with Gasteiger partial charge in [0.25, 0.3) is 0 Å². The Hall–Kier alpha value is -1.00. The van der Waals surface area contributed by atoms with Crippen molar-refractivity contribution in [1.29, 1.82) is 0 Å². The van der Waals surface area contributed by atoms with Gasteiger partial charge in [-0.1, -0.05) is 0 Å². The average Bonchev–Trinajstić information content (AvgIpc) is 2.23. The maximum absolute atomic E-state index is 5.45. The Bertz CT molecular complexity index is 302. The van der Waals surface area contributed by atoms with Crippen LogP contribution in [0.3, 0.4) is 0 Å². The molecule has 0 aliphatic heterocycles. The zero-order valence-electron chi connectivity index (χ0n) is 10.4. The van der Waals surface area contributed by atoms with Crippen LogP contribution in [0, 0.1) is 6.92 Å². The van der Waals surface area contributed by atoms with E-state index in [0.29, 0.717) is 6.10 Å². The lowest BCUT2D eigenvalue weighted by atomic mass is 10.3. The minimum Gasteiger partial charge on any atom is -0.379 e. The predicted molar refractivity (Wildman–Crippen MR) is 64.2 cm³/mol. The number of nitrogens with zero attached hydrogens (tertiary/aromatic N) is 2. The third kappa shape index (κ3) is 5.78. The van der Waals surface area contributed by atoms with Gasteiger partial charge in [0.05, 0.1) is 11.8 Å². The lowest BCUT2D eigenvalue weighted by Gasteiger charge is -2.08. The summed E-state index contributed by atoms with van der Waals surface area (Å²) in [6.45, 7) is 8.57. The van der Waals surface area contributed by atoms with Crippen molar-refractivity contribution in [2.75, 3.05) is 13.2 Å². The zero-order valence-corrected chi connectivity index (χ0v) is 10.4. The molecule has 0 amide bonds. The van der Waals surface area contributed by atoms with E-state index in [2.05, 4.69) is 29.1 Å². The van der Waals surface area contributed by atoms with E-state index in [1.165, 1.54) is 0 Å². The molecule has 0 aliphatic carbocycles. The Kier molecular flexibility index (Phi) is 5.96. The highest BCUT2D eigenvalue weighted by atomic mass is 16.5. The van der Waals surface area contributed by atoms with Gasteiger partial charge in [0, 0.05) is 19.3 Å². The van der Waals surface area contributed by atoms with Gasteiger partial charge in [-0.25, -0.2) is 9.97 Å². The van der Waals surface area contributed by atoms with Gasteiger partial charge in [0.1, 0.15) is 5.82 Å². The van der Waals surface area contributed by atoms with E-state index in [-0.39, 0.29) is 0 Å². The number of hydrogen-bond donors (Lipinski definition) is 1. The average molecular weight is 223 g/mol. The lowest BCUT2D eigenvalue weighted by molar-refractivity contribution is 0.0770. The molecule has 0 radical (unpaired) electrons. The summed E-state index contributed by atoms with van der Waals surface area (Å²) < 4.78 is 5.45. The monoisotopic (exact) mass is 223 g/mol. The number of aromatic nitrogens is 2. The van der Waals surface area contributed by atoms with E-state index in [4.69, 9.17) is 4.74 Å². The van der Waals surface area contributed by atoms with E-state index in [1.54, 1.807) is 6.20 Å². The Balaban J connectivity index is 2.07. The highest BCUT2D eigenvalue weighted by Crippen LogP contribution is 1.94. The topological polar surface area (TPSA) is 47.0 Å². The first-order valence-electron chi connectivity index (χ1n) is 5.79. The molecule has 0 aromatic carbocycles. The summed E-state index contributed by atoms with van der Waals surface area (Å²) in [4.78, 5) is 8.37. The van der Waals surface area contributed by atoms with Gasteiger partial charge >= 0.3 is 0 Å². The molecule has 4 nitrogen and oxygen atoms in total. The predicted octanol–water partition coefficient (Wildman–Crippen LogP) is 1.69. The van der Waals surface area contributed by atoms with Crippen molar-refractivity contribution in [2.24, 2.45) is 0 Å². The number of aryl methyl sites for hydroxylation is 1. The molecule has 16 heavy (non-hydrogen) atoms. The van der Waals surface area contributed by atoms with Crippen molar-refractivity contribution >= 4 is 0 Å². The van der Waals surface area contributed by atoms with E-state index in [0.717, 1.165) is 37.6 Å².